The van der Waals surface area contributed by atoms with Crippen LogP contribution < -0.4 is 11.2 Å². The van der Waals surface area contributed by atoms with E-state index in [-0.39, 0.29) is 5.91 Å². The molecule has 1 amide bonds. The summed E-state index contributed by atoms with van der Waals surface area (Å²) in [5.74, 6) is 4.93. The van der Waals surface area contributed by atoms with Gasteiger partial charge in [0.25, 0.3) is 0 Å². The van der Waals surface area contributed by atoms with Crippen LogP contribution in [0.2, 0.25) is 0 Å². The van der Waals surface area contributed by atoms with E-state index in [1.54, 1.807) is 7.11 Å². The van der Waals surface area contributed by atoms with Crippen molar-refractivity contribution in [2.45, 2.75) is 25.7 Å². The van der Waals surface area contributed by atoms with Crippen LogP contribution in [0.25, 0.3) is 0 Å². The van der Waals surface area contributed by atoms with Gasteiger partial charge in [0.1, 0.15) is 0 Å². The number of methoxy groups -OCH3 is 1. The molecule has 0 aliphatic heterocycles. The average molecular weight is 204 g/mol. The van der Waals surface area contributed by atoms with Crippen molar-refractivity contribution in [3.05, 3.63) is 0 Å². The highest BCUT2D eigenvalue weighted by Gasteiger charge is 1.99. The number of unbranched alkanes of at least 4 members (excludes halogenated alkanes) is 1. The second kappa shape index (κ2) is 10.4. The summed E-state index contributed by atoms with van der Waals surface area (Å²) in [5, 5.41) is 2.81. The molecule has 0 spiro atoms. The van der Waals surface area contributed by atoms with E-state index in [1.807, 2.05) is 0 Å². The first-order chi connectivity index (χ1) is 6.81. The molecule has 0 aliphatic rings. The molecule has 14 heavy (non-hydrogen) atoms. The summed E-state index contributed by atoms with van der Waals surface area (Å²) in [7, 11) is 1.63. The second-order valence-electron chi connectivity index (χ2n) is 3.02. The first-order valence-corrected chi connectivity index (χ1v) is 4.88. The Bertz CT molecular complexity index is 142. The molecule has 0 saturated carbocycles. The molecule has 0 fully saturated rings. The summed E-state index contributed by atoms with van der Waals surface area (Å²) in [6.07, 6.45) is 3.07. The minimum atomic E-state index is 0.0794. The summed E-state index contributed by atoms with van der Waals surface area (Å²) in [5.41, 5.74) is 0. The Morgan fingerprint density at radius 2 is 2.07 bits per heavy atom. The molecule has 0 bridgehead atoms. The minimum Gasteiger partial charge on any atom is -0.385 e. The largest absolute Gasteiger partial charge is 0.385 e. The lowest BCUT2D eigenvalue weighted by Gasteiger charge is -2.04. The lowest BCUT2D eigenvalue weighted by molar-refractivity contribution is -0.121. The maximum Gasteiger partial charge on any atom is 0.220 e. The van der Waals surface area contributed by atoms with Crippen molar-refractivity contribution in [3.8, 4) is 0 Å². The van der Waals surface area contributed by atoms with Crippen LogP contribution in [-0.2, 0) is 14.4 Å². The number of hydrogen-bond acceptors (Lipinski definition) is 4. The van der Waals surface area contributed by atoms with Gasteiger partial charge in [-0.3, -0.25) is 4.79 Å². The Hall–Kier alpha value is -0.650. The first kappa shape index (κ1) is 13.4. The van der Waals surface area contributed by atoms with E-state index in [9.17, 15) is 4.79 Å². The first-order valence-electron chi connectivity index (χ1n) is 4.88. The molecular weight excluding hydrogens is 184 g/mol. The van der Waals surface area contributed by atoms with Crippen molar-refractivity contribution in [2.24, 2.45) is 5.90 Å². The quantitative estimate of drug-likeness (QED) is 0.415. The van der Waals surface area contributed by atoms with Gasteiger partial charge in [-0.05, 0) is 19.3 Å². The molecule has 0 aromatic carbocycles. The normalized spacial score (nSPS) is 10.1. The molecule has 84 valence electrons. The molecule has 0 saturated heterocycles. The molecule has 5 nitrogen and oxygen atoms in total. The van der Waals surface area contributed by atoms with Crippen molar-refractivity contribution in [3.63, 3.8) is 0 Å². The third-order valence-electron chi connectivity index (χ3n) is 1.76. The number of hydrogen-bond donors (Lipinski definition) is 2. The predicted molar refractivity (Wildman–Crippen MR) is 53.5 cm³/mol. The van der Waals surface area contributed by atoms with Crippen molar-refractivity contribution < 1.29 is 14.4 Å². The van der Waals surface area contributed by atoms with Gasteiger partial charge in [0.15, 0.2) is 0 Å². The highest BCUT2D eigenvalue weighted by molar-refractivity contribution is 5.75. The summed E-state index contributed by atoms with van der Waals surface area (Å²) in [6.45, 7) is 1.86. The molecule has 0 unspecified atom stereocenters. The van der Waals surface area contributed by atoms with E-state index >= 15 is 0 Å². The van der Waals surface area contributed by atoms with Gasteiger partial charge in [0.05, 0.1) is 6.61 Å². The number of amides is 1. The van der Waals surface area contributed by atoms with E-state index in [0.29, 0.717) is 26.2 Å². The van der Waals surface area contributed by atoms with Gasteiger partial charge >= 0.3 is 0 Å². The lowest BCUT2D eigenvalue weighted by Crippen LogP contribution is -2.24. The fourth-order valence-electron chi connectivity index (χ4n) is 1.00. The Kier molecular flexibility index (Phi) is 9.95. The monoisotopic (exact) mass is 204 g/mol. The van der Waals surface area contributed by atoms with Crippen LogP contribution in [0.15, 0.2) is 0 Å². The third-order valence-corrected chi connectivity index (χ3v) is 1.76. The third kappa shape index (κ3) is 9.44. The highest BCUT2D eigenvalue weighted by atomic mass is 16.6. The molecular formula is C9H20N2O3. The number of ether oxygens (including phenoxy) is 1. The summed E-state index contributed by atoms with van der Waals surface area (Å²) >= 11 is 0. The van der Waals surface area contributed by atoms with Crippen LogP contribution in [0.4, 0.5) is 0 Å². The second-order valence-corrected chi connectivity index (χ2v) is 3.02. The molecule has 0 rings (SSSR count). The number of nitrogens with two attached hydrogens (primary N) is 1. The molecule has 0 aromatic rings. The topological polar surface area (TPSA) is 73.6 Å². The fraction of sp³-hybridized carbons (Fsp3) is 0.889. The van der Waals surface area contributed by atoms with Gasteiger partial charge in [-0.15, -0.1) is 0 Å². The zero-order valence-electron chi connectivity index (χ0n) is 8.75. The van der Waals surface area contributed by atoms with Crippen molar-refractivity contribution >= 4 is 5.91 Å². The van der Waals surface area contributed by atoms with Gasteiger partial charge < -0.3 is 14.9 Å². The Morgan fingerprint density at radius 3 is 2.71 bits per heavy atom. The van der Waals surface area contributed by atoms with Gasteiger partial charge in [-0.25, -0.2) is 5.90 Å². The highest BCUT2D eigenvalue weighted by Crippen LogP contribution is 1.90. The summed E-state index contributed by atoms with van der Waals surface area (Å²) < 4.78 is 4.84. The number of carbonyl (C=O) groups excluding carboxylic acids is 1. The summed E-state index contributed by atoms with van der Waals surface area (Å²) in [6, 6.07) is 0. The van der Waals surface area contributed by atoms with Crippen LogP contribution in [0.1, 0.15) is 25.7 Å². The smallest absolute Gasteiger partial charge is 0.220 e. The van der Waals surface area contributed by atoms with E-state index < -0.39 is 0 Å². The van der Waals surface area contributed by atoms with Crippen LogP contribution in [0.3, 0.4) is 0 Å². The lowest BCUT2D eigenvalue weighted by atomic mass is 10.3. The molecule has 5 heteroatoms. The number of carbonyl (C=O) groups is 1. The van der Waals surface area contributed by atoms with Crippen LogP contribution in [0.5, 0.6) is 0 Å². The zero-order chi connectivity index (χ0) is 10.6. The van der Waals surface area contributed by atoms with Crippen molar-refractivity contribution in [2.75, 3.05) is 26.9 Å². The van der Waals surface area contributed by atoms with E-state index in [4.69, 9.17) is 10.6 Å². The van der Waals surface area contributed by atoms with E-state index in [0.717, 1.165) is 19.3 Å². The van der Waals surface area contributed by atoms with Crippen LogP contribution >= 0.6 is 0 Å². The molecule has 0 aromatic heterocycles. The summed E-state index contributed by atoms with van der Waals surface area (Å²) in [4.78, 5) is 15.5. The maximum absolute atomic E-state index is 11.1. The zero-order valence-corrected chi connectivity index (χ0v) is 8.75. The number of nitrogens with one attached hydrogen (secondary N) is 1. The Labute approximate surface area is 84.9 Å². The minimum absolute atomic E-state index is 0.0794. The molecule has 0 aliphatic carbocycles. The molecule has 3 N–H and O–H groups in total. The van der Waals surface area contributed by atoms with Gasteiger partial charge in [-0.1, -0.05) is 0 Å². The average Bonchev–Trinajstić information content (AvgIpc) is 2.18. The van der Waals surface area contributed by atoms with Gasteiger partial charge in [-0.2, -0.15) is 0 Å². The Balaban J connectivity index is 3.10. The maximum atomic E-state index is 11.1. The fourth-order valence-corrected chi connectivity index (χ4v) is 1.00. The van der Waals surface area contributed by atoms with Gasteiger partial charge in [0, 0.05) is 26.7 Å². The van der Waals surface area contributed by atoms with Crippen LogP contribution in [0, 0.1) is 0 Å². The predicted octanol–water partition coefficient (Wildman–Crippen LogP) is 0.200. The standard InChI is InChI=1S/C9H20N2O3/c1-13-7-4-5-9(12)11-6-2-3-8-14-10/h2-8,10H2,1H3,(H,11,12). The Morgan fingerprint density at radius 1 is 1.29 bits per heavy atom. The number of rotatable bonds is 9. The molecule has 0 atom stereocenters. The van der Waals surface area contributed by atoms with Crippen molar-refractivity contribution in [1.82, 2.24) is 5.32 Å². The van der Waals surface area contributed by atoms with E-state index in [2.05, 4.69) is 10.2 Å². The SMILES string of the molecule is COCCCC(=O)NCCCCON. The molecule has 0 radical (unpaired) electrons. The van der Waals surface area contributed by atoms with Crippen molar-refractivity contribution in [1.29, 1.82) is 0 Å². The van der Waals surface area contributed by atoms with Crippen LogP contribution in [-0.4, -0.2) is 32.8 Å². The van der Waals surface area contributed by atoms with E-state index in [1.165, 1.54) is 0 Å². The van der Waals surface area contributed by atoms with Gasteiger partial charge in [0.2, 0.25) is 5.91 Å². The molecule has 0 heterocycles.